The highest BCUT2D eigenvalue weighted by molar-refractivity contribution is 5.95. The van der Waals surface area contributed by atoms with Crippen LogP contribution in [0.15, 0.2) is 0 Å². The zero-order chi connectivity index (χ0) is 13.9. The first-order chi connectivity index (χ1) is 8.38. The molecular weight excluding hydrogens is 232 g/mol. The van der Waals surface area contributed by atoms with Crippen LogP contribution in [0.2, 0.25) is 0 Å². The van der Waals surface area contributed by atoms with Crippen molar-refractivity contribution >= 4 is 11.8 Å². The fraction of sp³-hybridized carbons (Fsp3) is 0.846. The monoisotopic (exact) mass is 256 g/mol. The molecule has 0 bridgehead atoms. The summed E-state index contributed by atoms with van der Waals surface area (Å²) in [6.07, 6.45) is 0. The molecule has 5 heteroatoms. The average Bonchev–Trinajstić information content (AvgIpc) is 2.28. The Kier molecular flexibility index (Phi) is 5.14. The lowest BCUT2D eigenvalue weighted by Crippen LogP contribution is -2.63. The van der Waals surface area contributed by atoms with Gasteiger partial charge in [-0.2, -0.15) is 0 Å². The van der Waals surface area contributed by atoms with Gasteiger partial charge >= 0.3 is 0 Å². The highest BCUT2D eigenvalue weighted by Gasteiger charge is 2.38. The molecule has 2 atom stereocenters. The highest BCUT2D eigenvalue weighted by Crippen LogP contribution is 2.18. The van der Waals surface area contributed by atoms with Crippen LogP contribution >= 0.6 is 0 Å². The number of piperazine rings is 1. The summed E-state index contributed by atoms with van der Waals surface area (Å²) in [5, 5.41) is 2.76. The number of hydrogen-bond donors (Lipinski definition) is 1. The molecule has 18 heavy (non-hydrogen) atoms. The van der Waals surface area contributed by atoms with Gasteiger partial charge < -0.3 is 15.0 Å². The van der Waals surface area contributed by atoms with Gasteiger partial charge in [0.05, 0.1) is 19.2 Å². The predicted octanol–water partition coefficient (Wildman–Crippen LogP) is 0.640. The van der Waals surface area contributed by atoms with E-state index in [0.717, 1.165) is 0 Å². The van der Waals surface area contributed by atoms with Crippen LogP contribution < -0.4 is 5.32 Å². The average molecular weight is 256 g/mol. The van der Waals surface area contributed by atoms with Gasteiger partial charge in [0.1, 0.15) is 6.04 Å². The lowest BCUT2D eigenvalue weighted by molar-refractivity contribution is -0.150. The van der Waals surface area contributed by atoms with E-state index in [2.05, 4.69) is 5.32 Å². The fourth-order valence-corrected chi connectivity index (χ4v) is 2.24. The van der Waals surface area contributed by atoms with E-state index in [1.54, 1.807) is 12.0 Å². The van der Waals surface area contributed by atoms with Crippen molar-refractivity contribution in [3.05, 3.63) is 0 Å². The fourth-order valence-electron chi connectivity index (χ4n) is 2.24. The molecule has 2 amide bonds. The van der Waals surface area contributed by atoms with E-state index in [4.69, 9.17) is 4.74 Å². The number of hydrogen-bond acceptors (Lipinski definition) is 3. The second-order valence-electron chi connectivity index (χ2n) is 5.52. The summed E-state index contributed by atoms with van der Waals surface area (Å²) in [6, 6.07) is -0.459. The molecule has 0 saturated carbocycles. The first-order valence-corrected chi connectivity index (χ1v) is 6.47. The Hall–Kier alpha value is -1.10. The standard InChI is InChI=1S/C13H24N2O3/c1-8(2)10(7-18-5)15-6-11(16)14-12(9(3)4)13(15)17/h8-10,12H,6-7H2,1-5H3,(H,14,16). The molecule has 1 rings (SSSR count). The number of ether oxygens (including phenoxy) is 1. The second-order valence-corrected chi connectivity index (χ2v) is 5.52. The quantitative estimate of drug-likeness (QED) is 0.785. The number of methoxy groups -OCH3 is 1. The van der Waals surface area contributed by atoms with E-state index in [0.29, 0.717) is 6.61 Å². The normalized spacial score (nSPS) is 22.6. The Bertz CT molecular complexity index is 315. The molecule has 0 aromatic heterocycles. The summed E-state index contributed by atoms with van der Waals surface area (Å²) in [7, 11) is 1.61. The Morgan fingerprint density at radius 2 is 1.94 bits per heavy atom. The molecule has 5 nitrogen and oxygen atoms in total. The lowest BCUT2D eigenvalue weighted by atomic mass is 9.96. The van der Waals surface area contributed by atoms with Gasteiger partial charge in [-0.3, -0.25) is 9.59 Å². The first kappa shape index (κ1) is 15.0. The number of carbonyl (C=O) groups is 2. The molecule has 0 spiro atoms. The molecule has 1 saturated heterocycles. The molecule has 2 unspecified atom stereocenters. The number of nitrogens with zero attached hydrogens (tertiary/aromatic N) is 1. The van der Waals surface area contributed by atoms with Crippen molar-refractivity contribution in [3.8, 4) is 0 Å². The van der Waals surface area contributed by atoms with Crippen molar-refractivity contribution in [2.75, 3.05) is 20.3 Å². The van der Waals surface area contributed by atoms with E-state index in [-0.39, 0.29) is 36.2 Å². The van der Waals surface area contributed by atoms with Crippen molar-refractivity contribution in [1.82, 2.24) is 10.2 Å². The van der Waals surface area contributed by atoms with Gasteiger partial charge in [0.25, 0.3) is 0 Å². The lowest BCUT2D eigenvalue weighted by Gasteiger charge is -2.40. The second kappa shape index (κ2) is 6.18. The Labute approximate surface area is 109 Å². The minimum absolute atomic E-state index is 0.000324. The summed E-state index contributed by atoms with van der Waals surface area (Å²) < 4.78 is 5.17. The Balaban J connectivity index is 2.90. The smallest absolute Gasteiger partial charge is 0.246 e. The van der Waals surface area contributed by atoms with Gasteiger partial charge in [-0.05, 0) is 11.8 Å². The zero-order valence-electron chi connectivity index (χ0n) is 11.9. The maximum Gasteiger partial charge on any atom is 0.246 e. The summed E-state index contributed by atoms with van der Waals surface area (Å²) in [4.78, 5) is 25.8. The van der Waals surface area contributed by atoms with Crippen LogP contribution in [-0.2, 0) is 14.3 Å². The maximum atomic E-state index is 12.4. The topological polar surface area (TPSA) is 58.6 Å². The highest BCUT2D eigenvalue weighted by atomic mass is 16.5. The molecule has 1 aliphatic heterocycles. The van der Waals surface area contributed by atoms with Crippen LogP contribution in [0.4, 0.5) is 0 Å². The Morgan fingerprint density at radius 1 is 1.33 bits per heavy atom. The third kappa shape index (κ3) is 3.22. The molecule has 1 aliphatic rings. The van der Waals surface area contributed by atoms with Crippen LogP contribution in [0, 0.1) is 11.8 Å². The number of amides is 2. The number of rotatable bonds is 5. The zero-order valence-corrected chi connectivity index (χ0v) is 11.9. The third-order valence-electron chi connectivity index (χ3n) is 3.35. The van der Waals surface area contributed by atoms with Gasteiger partial charge in [0, 0.05) is 7.11 Å². The summed E-state index contributed by atoms with van der Waals surface area (Å²) in [6.45, 7) is 8.54. The van der Waals surface area contributed by atoms with Gasteiger partial charge in [0.15, 0.2) is 0 Å². The molecule has 104 valence electrons. The molecule has 1 fully saturated rings. The van der Waals surface area contributed by atoms with Gasteiger partial charge in [-0.15, -0.1) is 0 Å². The number of carbonyl (C=O) groups excluding carboxylic acids is 2. The van der Waals surface area contributed by atoms with E-state index in [1.807, 2.05) is 27.7 Å². The molecule has 1 N–H and O–H groups in total. The SMILES string of the molecule is COCC(C(C)C)N1CC(=O)NC(C(C)C)C1=O. The van der Waals surface area contributed by atoms with Crippen molar-refractivity contribution in [2.24, 2.45) is 11.8 Å². The van der Waals surface area contributed by atoms with Crippen molar-refractivity contribution < 1.29 is 14.3 Å². The predicted molar refractivity (Wildman–Crippen MR) is 69.0 cm³/mol. The van der Waals surface area contributed by atoms with Crippen LogP contribution in [0.1, 0.15) is 27.7 Å². The molecular formula is C13H24N2O3. The Morgan fingerprint density at radius 3 is 2.39 bits per heavy atom. The maximum absolute atomic E-state index is 12.4. The van der Waals surface area contributed by atoms with E-state index in [9.17, 15) is 9.59 Å². The largest absolute Gasteiger partial charge is 0.383 e. The third-order valence-corrected chi connectivity index (χ3v) is 3.35. The minimum atomic E-state index is -0.413. The van der Waals surface area contributed by atoms with Crippen LogP contribution in [0.25, 0.3) is 0 Å². The molecule has 0 radical (unpaired) electrons. The van der Waals surface area contributed by atoms with Crippen LogP contribution in [0.3, 0.4) is 0 Å². The van der Waals surface area contributed by atoms with E-state index in [1.165, 1.54) is 0 Å². The van der Waals surface area contributed by atoms with Crippen LogP contribution in [-0.4, -0.2) is 49.1 Å². The first-order valence-electron chi connectivity index (χ1n) is 6.47. The summed E-state index contributed by atoms with van der Waals surface area (Å²) in [5.74, 6) is 0.266. The molecule has 1 heterocycles. The molecule has 0 aromatic carbocycles. The molecule has 0 aliphatic carbocycles. The van der Waals surface area contributed by atoms with Crippen LogP contribution in [0.5, 0.6) is 0 Å². The summed E-state index contributed by atoms with van der Waals surface area (Å²) >= 11 is 0. The van der Waals surface area contributed by atoms with Gasteiger partial charge in [0.2, 0.25) is 11.8 Å². The van der Waals surface area contributed by atoms with Gasteiger partial charge in [-0.1, -0.05) is 27.7 Å². The number of nitrogens with one attached hydrogen (secondary N) is 1. The minimum Gasteiger partial charge on any atom is -0.383 e. The molecule has 0 aromatic rings. The summed E-state index contributed by atoms with van der Waals surface area (Å²) in [5.41, 5.74) is 0. The van der Waals surface area contributed by atoms with Crippen molar-refractivity contribution in [2.45, 2.75) is 39.8 Å². The van der Waals surface area contributed by atoms with Gasteiger partial charge in [-0.25, -0.2) is 0 Å². The van der Waals surface area contributed by atoms with E-state index >= 15 is 0 Å². The van der Waals surface area contributed by atoms with E-state index < -0.39 is 6.04 Å². The van der Waals surface area contributed by atoms with Crippen molar-refractivity contribution in [3.63, 3.8) is 0 Å². The van der Waals surface area contributed by atoms with Crippen molar-refractivity contribution in [1.29, 1.82) is 0 Å².